The van der Waals surface area contributed by atoms with E-state index in [-0.39, 0.29) is 23.6 Å². The molecule has 8 heteroatoms. The van der Waals surface area contributed by atoms with Gasteiger partial charge in [-0.25, -0.2) is 4.39 Å². The number of carbonyl (C=O) groups is 1. The Hall–Kier alpha value is -3.83. The fourth-order valence-corrected chi connectivity index (χ4v) is 5.10. The van der Waals surface area contributed by atoms with Gasteiger partial charge in [-0.1, -0.05) is 38.1 Å². The fraction of sp³-hybridized carbons (Fsp3) is 0.379. The van der Waals surface area contributed by atoms with E-state index in [1.54, 1.807) is 43.5 Å². The summed E-state index contributed by atoms with van der Waals surface area (Å²) in [5.74, 6) is 0.183. The molecule has 0 fully saturated rings. The molecule has 0 unspecified atom stereocenters. The van der Waals surface area contributed by atoms with Crippen LogP contribution in [0.3, 0.4) is 0 Å². The maximum absolute atomic E-state index is 14.1. The number of ether oxygens (including phenoxy) is 3. The van der Waals surface area contributed by atoms with Crippen molar-refractivity contribution < 1.29 is 23.4 Å². The van der Waals surface area contributed by atoms with E-state index in [1.807, 2.05) is 4.90 Å². The summed E-state index contributed by atoms with van der Waals surface area (Å²) in [6, 6.07) is 13.9. The summed E-state index contributed by atoms with van der Waals surface area (Å²) in [6.45, 7) is 4.98. The van der Waals surface area contributed by atoms with Crippen molar-refractivity contribution in [2.45, 2.75) is 39.2 Å². The van der Waals surface area contributed by atoms with Crippen LogP contribution in [0.2, 0.25) is 0 Å². The van der Waals surface area contributed by atoms with Gasteiger partial charge in [-0.15, -0.1) is 0 Å². The Morgan fingerprint density at radius 3 is 2.59 bits per heavy atom. The number of benzene rings is 2. The molecule has 2 aromatic rings. The van der Waals surface area contributed by atoms with Crippen LogP contribution in [0, 0.1) is 22.6 Å². The maximum atomic E-state index is 14.1. The van der Waals surface area contributed by atoms with E-state index in [9.17, 15) is 14.4 Å². The van der Waals surface area contributed by atoms with Gasteiger partial charge in [-0.3, -0.25) is 4.79 Å². The van der Waals surface area contributed by atoms with Crippen LogP contribution < -0.4 is 15.2 Å². The number of halogens is 1. The summed E-state index contributed by atoms with van der Waals surface area (Å²) in [4.78, 5) is 15.4. The Kier molecular flexibility index (Phi) is 7.55. The molecule has 194 valence electrons. The zero-order chi connectivity index (χ0) is 26.7. The van der Waals surface area contributed by atoms with Gasteiger partial charge in [0.25, 0.3) is 0 Å². The molecular weight excluding hydrogens is 473 g/mol. The summed E-state index contributed by atoms with van der Waals surface area (Å²) in [6.07, 6.45) is 1.02. The number of nitrogens with two attached hydrogens (primary N) is 1. The molecule has 2 N–H and O–H groups in total. The first-order chi connectivity index (χ1) is 17.7. The topological polar surface area (TPSA) is 97.8 Å². The highest BCUT2D eigenvalue weighted by Crippen LogP contribution is 2.49. The summed E-state index contributed by atoms with van der Waals surface area (Å²) < 4.78 is 30.8. The Morgan fingerprint density at radius 2 is 1.92 bits per heavy atom. The monoisotopic (exact) mass is 505 g/mol. The predicted molar refractivity (Wildman–Crippen MR) is 137 cm³/mol. The molecule has 7 nitrogen and oxygen atoms in total. The van der Waals surface area contributed by atoms with Crippen molar-refractivity contribution in [3.05, 3.63) is 82.1 Å². The molecule has 0 bridgehead atoms. The van der Waals surface area contributed by atoms with Crippen molar-refractivity contribution in [3.63, 3.8) is 0 Å². The molecule has 0 aromatic heterocycles. The van der Waals surface area contributed by atoms with Crippen molar-refractivity contribution in [2.75, 3.05) is 27.4 Å². The lowest BCUT2D eigenvalue weighted by Gasteiger charge is -2.43. The lowest BCUT2D eigenvalue weighted by atomic mass is 9.68. The lowest BCUT2D eigenvalue weighted by molar-refractivity contribution is -0.118. The maximum Gasteiger partial charge on any atom is 0.162 e. The van der Waals surface area contributed by atoms with Gasteiger partial charge in [0.05, 0.1) is 31.3 Å². The van der Waals surface area contributed by atoms with E-state index in [0.717, 1.165) is 5.70 Å². The van der Waals surface area contributed by atoms with Gasteiger partial charge < -0.3 is 24.8 Å². The standard InChI is InChI=1S/C29H32FN3O4/c1-29(2)14-22-27(23(34)15-29)26(20(16-31)28(32)33(22)11-12-35-3)18-9-10-24(25(13-18)36-4)37-17-19-7-5-6-8-21(19)30/h5-10,13,26H,11-12,14-15,17,32H2,1-4H3/t26-/m0/s1. The number of ketones is 1. The van der Waals surface area contributed by atoms with Crippen LogP contribution in [0.5, 0.6) is 11.5 Å². The van der Waals surface area contributed by atoms with Crippen LogP contribution in [-0.4, -0.2) is 38.1 Å². The van der Waals surface area contributed by atoms with E-state index in [0.29, 0.717) is 65.6 Å². The minimum atomic E-state index is -0.628. The molecule has 0 spiro atoms. The van der Waals surface area contributed by atoms with Crippen LogP contribution in [0.4, 0.5) is 4.39 Å². The number of allylic oxidation sites excluding steroid dienone is 3. The second-order valence-electron chi connectivity index (χ2n) is 10.1. The van der Waals surface area contributed by atoms with E-state index in [2.05, 4.69) is 19.9 Å². The van der Waals surface area contributed by atoms with E-state index < -0.39 is 5.92 Å². The Bertz CT molecular complexity index is 1310. The molecule has 37 heavy (non-hydrogen) atoms. The fourth-order valence-electron chi connectivity index (χ4n) is 5.10. The Morgan fingerprint density at radius 1 is 1.16 bits per heavy atom. The number of Topliss-reactive ketones (excluding diaryl/α,β-unsaturated/α-hetero) is 1. The molecule has 1 aliphatic carbocycles. The van der Waals surface area contributed by atoms with Crippen molar-refractivity contribution >= 4 is 5.78 Å². The van der Waals surface area contributed by atoms with Crippen LogP contribution in [0.1, 0.15) is 43.7 Å². The molecule has 0 saturated carbocycles. The highest BCUT2D eigenvalue weighted by Gasteiger charge is 2.44. The second-order valence-corrected chi connectivity index (χ2v) is 10.1. The number of carbonyl (C=O) groups excluding carboxylic acids is 1. The van der Waals surface area contributed by atoms with Crippen molar-refractivity contribution in [1.29, 1.82) is 5.26 Å². The number of rotatable bonds is 8. The number of hydrogen-bond donors (Lipinski definition) is 1. The highest BCUT2D eigenvalue weighted by atomic mass is 19.1. The molecule has 1 atom stereocenters. The molecule has 0 radical (unpaired) electrons. The molecular formula is C29H32FN3O4. The molecule has 4 rings (SSSR count). The van der Waals surface area contributed by atoms with Gasteiger partial charge in [0.2, 0.25) is 0 Å². The van der Waals surface area contributed by atoms with Crippen LogP contribution in [-0.2, 0) is 16.1 Å². The number of nitrogens with zero attached hydrogens (tertiary/aromatic N) is 2. The van der Waals surface area contributed by atoms with Crippen molar-refractivity contribution in [1.82, 2.24) is 4.90 Å². The minimum absolute atomic E-state index is 0.00207. The van der Waals surface area contributed by atoms with Crippen molar-refractivity contribution in [3.8, 4) is 17.6 Å². The Labute approximate surface area is 216 Å². The summed E-state index contributed by atoms with van der Waals surface area (Å²) in [7, 11) is 3.11. The molecule has 0 saturated heterocycles. The third kappa shape index (κ3) is 5.18. The average Bonchev–Trinajstić information content (AvgIpc) is 2.86. The third-order valence-electron chi connectivity index (χ3n) is 6.87. The van der Waals surface area contributed by atoms with Crippen LogP contribution in [0.25, 0.3) is 0 Å². The SMILES string of the molecule is COCCN1C(N)=C(C#N)[C@H](c2ccc(OCc3ccccc3F)c(OC)c2)C2=C1CC(C)(C)CC2=O. The lowest BCUT2D eigenvalue weighted by Crippen LogP contribution is -2.43. The zero-order valence-electron chi connectivity index (χ0n) is 21.6. The first kappa shape index (κ1) is 26.2. The normalized spacial score (nSPS) is 19.0. The first-order valence-corrected chi connectivity index (χ1v) is 12.2. The van der Waals surface area contributed by atoms with Gasteiger partial charge in [0.1, 0.15) is 18.2 Å². The van der Waals surface area contributed by atoms with Gasteiger partial charge in [0.15, 0.2) is 17.3 Å². The molecule has 1 heterocycles. The molecule has 2 aromatic carbocycles. The Balaban J connectivity index is 1.76. The highest BCUT2D eigenvalue weighted by molar-refractivity contribution is 6.00. The van der Waals surface area contributed by atoms with Crippen molar-refractivity contribution in [2.24, 2.45) is 11.1 Å². The summed E-state index contributed by atoms with van der Waals surface area (Å²) in [5, 5.41) is 10.2. The zero-order valence-corrected chi connectivity index (χ0v) is 21.6. The van der Waals surface area contributed by atoms with Gasteiger partial charge in [-0.2, -0.15) is 5.26 Å². The first-order valence-electron chi connectivity index (χ1n) is 12.2. The quantitative estimate of drug-likeness (QED) is 0.551. The molecule has 0 amide bonds. The number of methoxy groups -OCH3 is 2. The second kappa shape index (κ2) is 10.7. The third-order valence-corrected chi connectivity index (χ3v) is 6.87. The van der Waals surface area contributed by atoms with Gasteiger partial charge in [-0.05, 0) is 35.6 Å². The van der Waals surface area contributed by atoms with Gasteiger partial charge >= 0.3 is 0 Å². The number of nitriles is 1. The van der Waals surface area contributed by atoms with E-state index in [1.165, 1.54) is 13.2 Å². The molecule has 2 aliphatic rings. The summed E-state index contributed by atoms with van der Waals surface area (Å²) in [5.41, 5.74) is 9.17. The predicted octanol–water partition coefficient (Wildman–Crippen LogP) is 4.80. The average molecular weight is 506 g/mol. The minimum Gasteiger partial charge on any atom is -0.493 e. The largest absolute Gasteiger partial charge is 0.493 e. The van der Waals surface area contributed by atoms with E-state index >= 15 is 0 Å². The van der Waals surface area contributed by atoms with E-state index in [4.69, 9.17) is 19.9 Å². The van der Waals surface area contributed by atoms with Crippen LogP contribution in [0.15, 0.2) is 65.1 Å². The number of hydrogen-bond acceptors (Lipinski definition) is 7. The summed E-state index contributed by atoms with van der Waals surface area (Å²) >= 11 is 0. The van der Waals surface area contributed by atoms with Gasteiger partial charge in [0, 0.05) is 36.9 Å². The van der Waals surface area contributed by atoms with Crippen LogP contribution >= 0.6 is 0 Å². The molecule has 1 aliphatic heterocycles. The smallest absolute Gasteiger partial charge is 0.162 e.